The van der Waals surface area contributed by atoms with Gasteiger partial charge < -0.3 is 54.6 Å². The zero-order chi connectivity index (χ0) is 46.8. The molecule has 0 radical (unpaired) electrons. The molecule has 2 heterocycles. The zero-order valence-electron chi connectivity index (χ0n) is 39.1. The van der Waals surface area contributed by atoms with Gasteiger partial charge in [0, 0.05) is 58.6 Å². The second-order valence-corrected chi connectivity index (χ2v) is 13.8. The maximum absolute atomic E-state index is 12.7. The zero-order valence-corrected chi connectivity index (χ0v) is 38.0. The maximum atomic E-state index is 12.7. The molecule has 0 bridgehead atoms. The molecule has 0 aromatic heterocycles. The van der Waals surface area contributed by atoms with E-state index in [0.29, 0.717) is 68.5 Å². The van der Waals surface area contributed by atoms with Gasteiger partial charge in [-0.15, -0.1) is 12.4 Å². The molecule has 18 heteroatoms. The molecular weight excluding hydrogens is 826 g/mol. The van der Waals surface area contributed by atoms with Crippen LogP contribution in [0.5, 0.6) is 11.5 Å². The Hall–Kier alpha value is -5.29. The minimum Gasteiger partial charge on any atom is -0.496 e. The third-order valence-corrected chi connectivity index (χ3v) is 9.66. The highest BCUT2D eigenvalue weighted by Crippen LogP contribution is 2.25. The first kappa shape index (κ1) is 54.7. The maximum Gasteiger partial charge on any atom is 0.412 e. The lowest BCUT2D eigenvalue weighted by Gasteiger charge is -2.32. The molecular formula is C44H72ClN5O12. The lowest BCUT2D eigenvalue weighted by Crippen LogP contribution is -2.49. The largest absolute Gasteiger partial charge is 0.496 e. The average Bonchev–Trinajstić information content (AvgIpc) is 3.26. The third kappa shape index (κ3) is 18.8. The van der Waals surface area contributed by atoms with Gasteiger partial charge in [0.25, 0.3) is 11.8 Å². The van der Waals surface area contributed by atoms with E-state index in [1.54, 1.807) is 33.3 Å². The number of benzene rings is 2. The molecule has 352 valence electrons. The molecule has 2 fully saturated rings. The summed E-state index contributed by atoms with van der Waals surface area (Å²) in [5.74, 6) is -0.153. The van der Waals surface area contributed by atoms with E-state index < -0.39 is 37.7 Å². The summed E-state index contributed by atoms with van der Waals surface area (Å²) < 4.78 is 42.0. The van der Waals surface area contributed by atoms with E-state index in [4.69, 9.17) is 32.2 Å². The number of likely N-dealkylation sites (tertiary alicyclic amines) is 2. The van der Waals surface area contributed by atoms with Crippen LogP contribution < -0.4 is 25.8 Å². The van der Waals surface area contributed by atoms with E-state index in [-0.39, 0.29) is 50.3 Å². The summed E-state index contributed by atoms with van der Waals surface area (Å²) >= 11 is 0. The summed E-state index contributed by atoms with van der Waals surface area (Å²) in [5.41, 5.74) is 10.1. The Balaban J connectivity index is 0. The summed E-state index contributed by atoms with van der Waals surface area (Å²) in [5, 5.41) is 5.94. The van der Waals surface area contributed by atoms with E-state index in [9.17, 15) is 28.8 Å². The van der Waals surface area contributed by atoms with Crippen LogP contribution in [0.25, 0.3) is 0 Å². The smallest absolute Gasteiger partial charge is 0.412 e. The van der Waals surface area contributed by atoms with E-state index in [1.807, 2.05) is 46.8 Å². The molecule has 62 heavy (non-hydrogen) atoms. The number of halogens is 1. The summed E-state index contributed by atoms with van der Waals surface area (Å²) in [4.78, 5) is 74.8. The Morgan fingerprint density at radius 3 is 1.48 bits per heavy atom. The van der Waals surface area contributed by atoms with Gasteiger partial charge in [-0.05, 0) is 106 Å². The molecule has 4 N–H and O–H groups in total. The highest BCUT2D eigenvalue weighted by Gasteiger charge is 2.28. The van der Waals surface area contributed by atoms with Crippen molar-refractivity contribution in [2.75, 3.05) is 60.5 Å². The number of esters is 2. The minimum atomic E-state index is -0.652. The number of ether oxygens (including phenoxy) is 6. The predicted molar refractivity (Wildman–Crippen MR) is 240 cm³/mol. The van der Waals surface area contributed by atoms with Gasteiger partial charge in [0.1, 0.15) is 11.5 Å². The van der Waals surface area contributed by atoms with Crippen molar-refractivity contribution in [3.63, 3.8) is 0 Å². The molecule has 2 atom stereocenters. The normalized spacial score (nSPS) is 15.3. The number of piperidine rings is 2. The highest BCUT2D eigenvalue weighted by molar-refractivity contribution is 5.96. The number of aryl methyl sites for hydroxylation is 2. The Morgan fingerprint density at radius 2 is 1.13 bits per heavy atom. The number of amides is 4. The number of methoxy groups -OCH3 is 2. The molecule has 0 spiro atoms. The number of nitrogens with zero attached hydrogens (tertiary/aromatic N) is 2. The molecule has 2 aliphatic heterocycles. The average molecular weight is 902 g/mol. The van der Waals surface area contributed by atoms with Gasteiger partial charge in [0.15, 0.2) is 0 Å². The van der Waals surface area contributed by atoms with Crippen LogP contribution in [0, 0.1) is 27.7 Å². The molecule has 2 saturated heterocycles. The first-order valence-electron chi connectivity index (χ1n) is 21.4. The molecule has 2 aromatic carbocycles. The molecule has 17 nitrogen and oxygen atoms in total. The van der Waals surface area contributed by atoms with Gasteiger partial charge in [-0.25, -0.2) is 9.59 Å². The summed E-state index contributed by atoms with van der Waals surface area (Å²) in [7, 11) is 4.40. The van der Waals surface area contributed by atoms with Crippen LogP contribution >= 0.6 is 12.4 Å². The van der Waals surface area contributed by atoms with Gasteiger partial charge >= 0.3 is 24.1 Å². The highest BCUT2D eigenvalue weighted by atomic mass is 35.5. The number of carbonyl (C=O) groups is 6. The molecule has 4 rings (SSSR count). The topological polar surface area (TPSA) is 214 Å². The Morgan fingerprint density at radius 1 is 0.742 bits per heavy atom. The Labute approximate surface area is 377 Å². The quantitative estimate of drug-likeness (QED) is 0.140. The summed E-state index contributed by atoms with van der Waals surface area (Å²) in [6.45, 7) is 12.4. The number of hydrogen-bond acceptors (Lipinski definition) is 13. The van der Waals surface area contributed by atoms with Crippen LogP contribution in [0.3, 0.4) is 0 Å². The molecule has 2 aromatic rings. The fraction of sp³-hybridized carbons (Fsp3) is 0.591. The van der Waals surface area contributed by atoms with Gasteiger partial charge in [-0.1, -0.05) is 35.6 Å². The van der Waals surface area contributed by atoms with Crippen molar-refractivity contribution in [1.82, 2.24) is 20.4 Å². The number of rotatable bonds is 13. The van der Waals surface area contributed by atoms with Crippen LogP contribution in [0.4, 0.5) is 9.59 Å². The predicted octanol–water partition coefficient (Wildman–Crippen LogP) is 6.77. The van der Waals surface area contributed by atoms with Gasteiger partial charge in [0.05, 0.1) is 20.8 Å². The van der Waals surface area contributed by atoms with Crippen molar-refractivity contribution < 1.29 is 59.9 Å². The monoisotopic (exact) mass is 901 g/mol. The van der Waals surface area contributed by atoms with E-state index in [0.717, 1.165) is 47.9 Å². The second kappa shape index (κ2) is 30.7. The summed E-state index contributed by atoms with van der Waals surface area (Å²) in [6, 6.07) is 6.68. The second-order valence-electron chi connectivity index (χ2n) is 13.8. The van der Waals surface area contributed by atoms with Crippen LogP contribution in [-0.4, -0.2) is 118 Å². The lowest BCUT2D eigenvalue weighted by atomic mass is 10.0. The minimum absolute atomic E-state index is 0. The van der Waals surface area contributed by atoms with Crippen molar-refractivity contribution in [1.29, 1.82) is 0 Å². The molecule has 2 aliphatic rings. The Bertz CT molecular complexity index is 1770. The van der Waals surface area contributed by atoms with Crippen molar-refractivity contribution >= 4 is 48.3 Å². The van der Waals surface area contributed by atoms with Crippen molar-refractivity contribution in [3.05, 3.63) is 57.6 Å². The number of nitrogens with two attached hydrogens (primary N) is 1. The standard InChI is InChI=1S/C21H30N2O6.C19H27N3O6.C2H6.2CH4.ClH/c1-5-7-19(24)28-13-29-21(26)23-9-6-8-17(12-23)22-20(25)16-10-14(2)15(3)18(11-16)27-4;1-12-7-14(8-16(26-3)13(12)2)18(24)21-15-5-4-6-22(10-15)19(25)28-11-27-17(23)9-20;1-2;;;/h10-11,17H,5-9,12-13H2,1-4H3,(H,22,25);7-8,15H,4-6,9-11,20H2,1-3H3,(H,21,24);1-2H3;2*1H4;1H/i;;1D;1T;;. The van der Waals surface area contributed by atoms with E-state index in [1.165, 1.54) is 17.2 Å². The molecule has 0 saturated carbocycles. The van der Waals surface area contributed by atoms with Gasteiger partial charge in [0.2, 0.25) is 13.6 Å². The number of carbonyl (C=O) groups excluding carboxylic acids is 6. The first-order valence-corrected chi connectivity index (χ1v) is 19.7. The first-order chi connectivity index (χ1) is 29.6. The molecule has 0 aliphatic carbocycles. The van der Waals surface area contributed by atoms with Gasteiger partial charge in [-0.3, -0.25) is 19.2 Å². The van der Waals surface area contributed by atoms with Crippen molar-refractivity contribution in [2.24, 2.45) is 5.73 Å². The summed E-state index contributed by atoms with van der Waals surface area (Å²) in [6.07, 6.45) is 2.79. The van der Waals surface area contributed by atoms with Crippen LogP contribution in [0.1, 0.15) is 120 Å². The van der Waals surface area contributed by atoms with Crippen molar-refractivity contribution in [2.45, 2.75) is 114 Å². The fourth-order valence-corrected chi connectivity index (χ4v) is 6.21. The number of hydrogen-bond donors (Lipinski definition) is 3. The van der Waals surface area contributed by atoms with Crippen molar-refractivity contribution in [3.8, 4) is 11.5 Å². The van der Waals surface area contributed by atoms with E-state index >= 15 is 0 Å². The Kier molecular flexibility index (Phi) is 27.1. The molecule has 4 amide bonds. The SMILES string of the molecule is C.CCCC(=O)OCOC(=O)N1CCCC(NC(=O)c2cc(C)c(C)c(OC)c2)C1.COc1cc(C(=O)NC2CCCN(C(=O)OCOC(=O)CN)C2)cc(C)c1C.Cl.[2H]CC.[3H]C. The lowest BCUT2D eigenvalue weighted by molar-refractivity contribution is -0.153. The molecule has 2 unspecified atom stereocenters. The van der Waals surface area contributed by atoms with Crippen LogP contribution in [0.2, 0.25) is 0 Å². The van der Waals surface area contributed by atoms with E-state index in [2.05, 4.69) is 15.4 Å². The van der Waals surface area contributed by atoms with Crippen LogP contribution in [-0.2, 0) is 28.5 Å². The third-order valence-electron chi connectivity index (χ3n) is 9.66. The van der Waals surface area contributed by atoms with Crippen LogP contribution in [0.15, 0.2) is 24.3 Å². The fourth-order valence-electron chi connectivity index (χ4n) is 6.21. The van der Waals surface area contributed by atoms with Gasteiger partial charge in [-0.2, -0.15) is 0 Å². The number of nitrogens with one attached hydrogen (secondary N) is 2.